The zero-order valence-electron chi connectivity index (χ0n) is 16.9. The molecule has 2 aromatic carbocycles. The van der Waals surface area contributed by atoms with Crippen molar-refractivity contribution in [3.8, 4) is 11.5 Å². The summed E-state index contributed by atoms with van der Waals surface area (Å²) >= 11 is 0. The number of nitro groups is 1. The lowest BCUT2D eigenvalue weighted by Crippen LogP contribution is -2.34. The number of hydrogen-bond donors (Lipinski definition) is 1. The minimum atomic E-state index is -0.480. The number of anilines is 2. The lowest BCUT2D eigenvalue weighted by atomic mass is 9.98. The maximum atomic E-state index is 13.1. The summed E-state index contributed by atoms with van der Waals surface area (Å²) in [5.41, 5.74) is 1.46. The van der Waals surface area contributed by atoms with Gasteiger partial charge < -0.3 is 19.7 Å². The van der Waals surface area contributed by atoms with Crippen LogP contribution in [0.25, 0.3) is 0 Å². The molecule has 0 aromatic heterocycles. The van der Waals surface area contributed by atoms with Gasteiger partial charge in [-0.05, 0) is 37.0 Å². The van der Waals surface area contributed by atoms with Crippen molar-refractivity contribution in [2.75, 3.05) is 36.5 Å². The van der Waals surface area contributed by atoms with Crippen molar-refractivity contribution >= 4 is 23.0 Å². The molecule has 0 bridgehead atoms. The van der Waals surface area contributed by atoms with Crippen molar-refractivity contribution in [1.29, 1.82) is 0 Å². The number of hydrogen-bond acceptors (Lipinski definition) is 6. The molecule has 1 saturated heterocycles. The number of nitro benzene ring substituents is 1. The van der Waals surface area contributed by atoms with Gasteiger partial charge in [-0.15, -0.1) is 0 Å². The maximum Gasteiger partial charge on any atom is 0.270 e. The molecule has 2 heterocycles. The van der Waals surface area contributed by atoms with Gasteiger partial charge in [0.25, 0.3) is 11.6 Å². The molecule has 8 nitrogen and oxygen atoms in total. The molecule has 30 heavy (non-hydrogen) atoms. The van der Waals surface area contributed by atoms with E-state index in [4.69, 9.17) is 9.47 Å². The summed E-state index contributed by atoms with van der Waals surface area (Å²) in [6, 6.07) is 9.71. The Labute approximate surface area is 174 Å². The molecule has 1 amide bonds. The Morgan fingerprint density at radius 2 is 1.83 bits per heavy atom. The number of piperidine rings is 1. The standard InChI is InChI=1S/C22H25N3O5/c1-15-7-9-24(10-8-15)19-5-4-17(25(27)28)14-18(19)22(26)23-16-3-6-20-21(13-16)30-12-2-11-29-20/h3-6,13-15H,2,7-12H2,1H3,(H,23,26). The Morgan fingerprint density at radius 1 is 1.10 bits per heavy atom. The highest BCUT2D eigenvalue weighted by Crippen LogP contribution is 2.34. The monoisotopic (exact) mass is 411 g/mol. The van der Waals surface area contributed by atoms with Gasteiger partial charge in [0, 0.05) is 43.4 Å². The van der Waals surface area contributed by atoms with Gasteiger partial charge in [-0.25, -0.2) is 0 Å². The molecule has 158 valence electrons. The smallest absolute Gasteiger partial charge is 0.270 e. The molecule has 0 radical (unpaired) electrons. The number of non-ortho nitro benzene ring substituents is 1. The fraction of sp³-hybridized carbons (Fsp3) is 0.409. The van der Waals surface area contributed by atoms with Crippen LogP contribution in [0.1, 0.15) is 36.5 Å². The normalized spacial score (nSPS) is 16.6. The maximum absolute atomic E-state index is 13.1. The van der Waals surface area contributed by atoms with Gasteiger partial charge in [-0.3, -0.25) is 14.9 Å². The third kappa shape index (κ3) is 4.32. The molecule has 0 atom stereocenters. The van der Waals surface area contributed by atoms with Crippen LogP contribution in [0, 0.1) is 16.0 Å². The van der Waals surface area contributed by atoms with E-state index in [0.29, 0.717) is 41.9 Å². The van der Waals surface area contributed by atoms with E-state index in [-0.39, 0.29) is 11.6 Å². The van der Waals surface area contributed by atoms with E-state index in [1.165, 1.54) is 12.1 Å². The molecule has 1 fully saturated rings. The van der Waals surface area contributed by atoms with Crippen LogP contribution in [0.5, 0.6) is 11.5 Å². The lowest BCUT2D eigenvalue weighted by molar-refractivity contribution is -0.384. The van der Waals surface area contributed by atoms with Crippen molar-refractivity contribution in [1.82, 2.24) is 0 Å². The minimum Gasteiger partial charge on any atom is -0.490 e. The Bertz CT molecular complexity index is 954. The van der Waals surface area contributed by atoms with Crippen molar-refractivity contribution in [2.45, 2.75) is 26.2 Å². The van der Waals surface area contributed by atoms with Crippen LogP contribution >= 0.6 is 0 Å². The number of carbonyl (C=O) groups excluding carboxylic acids is 1. The van der Waals surface area contributed by atoms with Gasteiger partial charge >= 0.3 is 0 Å². The zero-order valence-corrected chi connectivity index (χ0v) is 16.9. The average molecular weight is 411 g/mol. The Balaban J connectivity index is 1.61. The van der Waals surface area contributed by atoms with Gasteiger partial charge in [0.05, 0.1) is 29.4 Å². The molecule has 0 aliphatic carbocycles. The second-order valence-electron chi connectivity index (χ2n) is 7.79. The molecule has 0 unspecified atom stereocenters. The van der Waals surface area contributed by atoms with E-state index in [2.05, 4.69) is 17.1 Å². The molecule has 0 spiro atoms. The Kier molecular flexibility index (Phi) is 5.74. The summed E-state index contributed by atoms with van der Waals surface area (Å²) < 4.78 is 11.3. The van der Waals surface area contributed by atoms with E-state index in [1.807, 2.05) is 0 Å². The summed E-state index contributed by atoms with van der Waals surface area (Å²) in [7, 11) is 0. The zero-order chi connectivity index (χ0) is 21.1. The second kappa shape index (κ2) is 8.61. The molecule has 2 aromatic rings. The van der Waals surface area contributed by atoms with Crippen LogP contribution in [0.3, 0.4) is 0 Å². The number of nitrogens with zero attached hydrogens (tertiary/aromatic N) is 2. The average Bonchev–Trinajstić information content (AvgIpc) is 2.99. The minimum absolute atomic E-state index is 0.104. The second-order valence-corrected chi connectivity index (χ2v) is 7.79. The van der Waals surface area contributed by atoms with E-state index in [0.717, 1.165) is 38.0 Å². The van der Waals surface area contributed by atoms with Crippen LogP contribution in [-0.2, 0) is 0 Å². The molecule has 0 saturated carbocycles. The molecule has 1 N–H and O–H groups in total. The van der Waals surface area contributed by atoms with Crippen LogP contribution in [-0.4, -0.2) is 37.1 Å². The van der Waals surface area contributed by atoms with E-state index >= 15 is 0 Å². The number of benzene rings is 2. The van der Waals surface area contributed by atoms with Crippen LogP contribution in [0.15, 0.2) is 36.4 Å². The molecular formula is C22H25N3O5. The third-order valence-electron chi connectivity index (χ3n) is 5.57. The molecular weight excluding hydrogens is 386 g/mol. The molecule has 4 rings (SSSR count). The lowest BCUT2D eigenvalue weighted by Gasteiger charge is -2.33. The fourth-order valence-electron chi connectivity index (χ4n) is 3.78. The number of fused-ring (bicyclic) bond motifs is 1. The summed E-state index contributed by atoms with van der Waals surface area (Å²) in [6.45, 7) is 4.99. The van der Waals surface area contributed by atoms with Crippen LogP contribution < -0.4 is 19.7 Å². The van der Waals surface area contributed by atoms with E-state index < -0.39 is 4.92 Å². The first-order valence-electron chi connectivity index (χ1n) is 10.3. The number of amides is 1. The van der Waals surface area contributed by atoms with Gasteiger partial charge in [-0.2, -0.15) is 0 Å². The largest absolute Gasteiger partial charge is 0.490 e. The Hall–Kier alpha value is -3.29. The van der Waals surface area contributed by atoms with Crippen LogP contribution in [0.4, 0.5) is 17.1 Å². The van der Waals surface area contributed by atoms with Gasteiger partial charge in [0.15, 0.2) is 11.5 Å². The fourth-order valence-corrected chi connectivity index (χ4v) is 3.78. The number of rotatable bonds is 4. The van der Waals surface area contributed by atoms with Crippen molar-refractivity contribution in [3.05, 3.63) is 52.1 Å². The van der Waals surface area contributed by atoms with Crippen molar-refractivity contribution < 1.29 is 19.2 Å². The first-order chi connectivity index (χ1) is 14.5. The highest BCUT2D eigenvalue weighted by molar-refractivity contribution is 6.08. The highest BCUT2D eigenvalue weighted by Gasteiger charge is 2.24. The number of ether oxygens (including phenoxy) is 2. The summed E-state index contributed by atoms with van der Waals surface area (Å²) in [4.78, 5) is 26.1. The van der Waals surface area contributed by atoms with Crippen LogP contribution in [0.2, 0.25) is 0 Å². The first kappa shape index (κ1) is 20.0. The summed E-state index contributed by atoms with van der Waals surface area (Å²) in [5, 5.41) is 14.1. The quantitative estimate of drug-likeness (QED) is 0.597. The predicted molar refractivity (Wildman–Crippen MR) is 114 cm³/mol. The topological polar surface area (TPSA) is 93.9 Å². The van der Waals surface area contributed by atoms with E-state index in [1.54, 1.807) is 24.3 Å². The van der Waals surface area contributed by atoms with Gasteiger partial charge in [0.2, 0.25) is 0 Å². The number of carbonyl (C=O) groups is 1. The SMILES string of the molecule is CC1CCN(c2ccc([N+](=O)[O-])cc2C(=O)Nc2ccc3c(c2)OCCCO3)CC1. The van der Waals surface area contributed by atoms with Crippen molar-refractivity contribution in [2.24, 2.45) is 5.92 Å². The number of nitrogens with one attached hydrogen (secondary N) is 1. The first-order valence-corrected chi connectivity index (χ1v) is 10.3. The molecule has 8 heteroatoms. The Morgan fingerprint density at radius 3 is 2.57 bits per heavy atom. The highest BCUT2D eigenvalue weighted by atomic mass is 16.6. The van der Waals surface area contributed by atoms with E-state index in [9.17, 15) is 14.9 Å². The van der Waals surface area contributed by atoms with Gasteiger partial charge in [0.1, 0.15) is 0 Å². The summed E-state index contributed by atoms with van der Waals surface area (Å²) in [6.07, 6.45) is 2.85. The summed E-state index contributed by atoms with van der Waals surface area (Å²) in [5.74, 6) is 1.47. The molecule has 2 aliphatic rings. The van der Waals surface area contributed by atoms with Crippen molar-refractivity contribution in [3.63, 3.8) is 0 Å². The molecule has 2 aliphatic heterocycles. The van der Waals surface area contributed by atoms with Gasteiger partial charge in [-0.1, -0.05) is 6.92 Å². The predicted octanol–water partition coefficient (Wildman–Crippen LogP) is 4.24. The third-order valence-corrected chi connectivity index (χ3v) is 5.57.